The third-order valence-electron chi connectivity index (χ3n) is 3.73. The molecular weight excluding hydrogens is 238 g/mol. The van der Waals surface area contributed by atoms with Gasteiger partial charge in [0.15, 0.2) is 0 Å². The summed E-state index contributed by atoms with van der Waals surface area (Å²) >= 11 is 6.01. The van der Waals surface area contributed by atoms with Gasteiger partial charge in [0.1, 0.15) is 0 Å². The molecule has 1 aliphatic heterocycles. The lowest BCUT2D eigenvalue weighted by Crippen LogP contribution is -2.29. The number of nitrogen functional groups attached to an aromatic ring is 1. The third-order valence-corrected chi connectivity index (χ3v) is 4.05. The van der Waals surface area contributed by atoms with Gasteiger partial charge in [-0.15, -0.1) is 0 Å². The van der Waals surface area contributed by atoms with E-state index in [1.54, 1.807) is 0 Å². The maximum atomic E-state index is 6.01. The van der Waals surface area contributed by atoms with Crippen molar-refractivity contribution in [2.24, 2.45) is 0 Å². The molecule has 2 aromatic rings. The van der Waals surface area contributed by atoms with Gasteiger partial charge in [-0.3, -0.25) is 4.68 Å². The SMILES string of the molecule is Nc1cc2c3n(nc2cc1Cl)CC1(CC1)OC3. The van der Waals surface area contributed by atoms with Crippen LogP contribution in [0.2, 0.25) is 5.02 Å². The van der Waals surface area contributed by atoms with Gasteiger partial charge >= 0.3 is 0 Å². The Kier molecular flexibility index (Phi) is 1.69. The van der Waals surface area contributed by atoms with Gasteiger partial charge in [0.05, 0.1) is 40.7 Å². The molecule has 5 heteroatoms. The minimum Gasteiger partial charge on any atom is -0.398 e. The zero-order valence-electron chi connectivity index (χ0n) is 9.24. The highest BCUT2D eigenvalue weighted by Crippen LogP contribution is 2.45. The molecule has 1 aromatic heterocycles. The summed E-state index contributed by atoms with van der Waals surface area (Å²) in [5.74, 6) is 0. The van der Waals surface area contributed by atoms with Crippen molar-refractivity contribution >= 4 is 28.2 Å². The van der Waals surface area contributed by atoms with Crippen LogP contribution in [0.25, 0.3) is 10.9 Å². The number of nitrogens with zero attached hydrogens (tertiary/aromatic N) is 2. The van der Waals surface area contributed by atoms with Gasteiger partial charge in [-0.2, -0.15) is 5.10 Å². The first-order valence-corrected chi connectivity index (χ1v) is 6.13. The number of aromatic nitrogens is 2. The highest BCUT2D eigenvalue weighted by molar-refractivity contribution is 6.33. The second-order valence-corrected chi connectivity index (χ2v) is 5.37. The molecule has 88 valence electrons. The number of nitrogens with two attached hydrogens (primary N) is 1. The molecule has 0 saturated heterocycles. The Morgan fingerprint density at radius 3 is 3.00 bits per heavy atom. The Bertz CT molecular complexity index is 630. The molecule has 1 saturated carbocycles. The lowest BCUT2D eigenvalue weighted by atomic mass is 10.1. The van der Waals surface area contributed by atoms with Crippen LogP contribution in [0.4, 0.5) is 5.69 Å². The smallest absolute Gasteiger partial charge is 0.0943 e. The first-order chi connectivity index (χ1) is 8.17. The fourth-order valence-corrected chi connectivity index (χ4v) is 2.65. The molecule has 2 heterocycles. The highest BCUT2D eigenvalue weighted by atomic mass is 35.5. The summed E-state index contributed by atoms with van der Waals surface area (Å²) in [6.07, 6.45) is 2.29. The second-order valence-electron chi connectivity index (χ2n) is 4.97. The number of fused-ring (bicyclic) bond motifs is 3. The van der Waals surface area contributed by atoms with Crippen molar-refractivity contribution in [2.75, 3.05) is 5.73 Å². The van der Waals surface area contributed by atoms with Gasteiger partial charge in [0.25, 0.3) is 0 Å². The van der Waals surface area contributed by atoms with E-state index in [0.717, 1.165) is 36.0 Å². The molecule has 0 atom stereocenters. The van der Waals surface area contributed by atoms with Gasteiger partial charge in [0.2, 0.25) is 0 Å². The third kappa shape index (κ3) is 1.31. The summed E-state index contributed by atoms with van der Waals surface area (Å²) in [5.41, 5.74) is 8.52. The topological polar surface area (TPSA) is 53.1 Å². The van der Waals surface area contributed by atoms with Crippen LogP contribution in [0.3, 0.4) is 0 Å². The summed E-state index contributed by atoms with van der Waals surface area (Å²) in [6.45, 7) is 1.48. The molecule has 0 radical (unpaired) electrons. The van der Waals surface area contributed by atoms with Crippen molar-refractivity contribution in [2.45, 2.75) is 31.6 Å². The Hall–Kier alpha value is -1.26. The van der Waals surface area contributed by atoms with Crippen LogP contribution in [-0.4, -0.2) is 15.4 Å². The number of halogens is 1. The number of ether oxygens (including phenoxy) is 1. The quantitative estimate of drug-likeness (QED) is 0.729. The summed E-state index contributed by atoms with van der Waals surface area (Å²) in [4.78, 5) is 0. The van der Waals surface area contributed by atoms with Crippen LogP contribution in [0, 0.1) is 0 Å². The van der Waals surface area contributed by atoms with Gasteiger partial charge in [0, 0.05) is 5.39 Å². The molecule has 4 nitrogen and oxygen atoms in total. The summed E-state index contributed by atoms with van der Waals surface area (Å²) in [7, 11) is 0. The van der Waals surface area contributed by atoms with Crippen LogP contribution in [0.1, 0.15) is 18.5 Å². The molecule has 1 spiro atoms. The van der Waals surface area contributed by atoms with E-state index < -0.39 is 0 Å². The summed E-state index contributed by atoms with van der Waals surface area (Å²) in [6, 6.07) is 3.72. The number of benzene rings is 1. The largest absolute Gasteiger partial charge is 0.398 e. The Morgan fingerprint density at radius 2 is 2.24 bits per heavy atom. The fourth-order valence-electron chi connectivity index (χ4n) is 2.49. The molecule has 1 aliphatic carbocycles. The summed E-state index contributed by atoms with van der Waals surface area (Å²) < 4.78 is 7.96. The van der Waals surface area contributed by atoms with Crippen molar-refractivity contribution in [3.05, 3.63) is 22.8 Å². The molecule has 2 aliphatic rings. The minimum absolute atomic E-state index is 0.0738. The van der Waals surface area contributed by atoms with E-state index in [0.29, 0.717) is 17.3 Å². The maximum Gasteiger partial charge on any atom is 0.0943 e. The Morgan fingerprint density at radius 1 is 1.41 bits per heavy atom. The standard InChI is InChI=1S/C12H12ClN3O/c13-8-4-10-7(3-9(8)14)11-5-17-12(1-2-12)6-16(11)15-10/h3-4H,1-2,5-6,14H2. The number of hydrogen-bond acceptors (Lipinski definition) is 3. The maximum absolute atomic E-state index is 6.01. The second kappa shape index (κ2) is 2.94. The van der Waals surface area contributed by atoms with Gasteiger partial charge in [-0.05, 0) is 25.0 Å². The van der Waals surface area contributed by atoms with Crippen molar-refractivity contribution < 1.29 is 4.74 Å². The predicted molar refractivity (Wildman–Crippen MR) is 65.9 cm³/mol. The van der Waals surface area contributed by atoms with Gasteiger partial charge < -0.3 is 10.5 Å². The molecule has 0 unspecified atom stereocenters. The normalized spacial score (nSPS) is 20.8. The van der Waals surface area contributed by atoms with E-state index in [1.165, 1.54) is 0 Å². The first kappa shape index (κ1) is 9.74. The average molecular weight is 250 g/mol. The van der Waals surface area contributed by atoms with Crippen LogP contribution in [0.5, 0.6) is 0 Å². The molecular formula is C12H12ClN3O. The lowest BCUT2D eigenvalue weighted by Gasteiger charge is -2.23. The molecule has 0 amide bonds. The van der Waals surface area contributed by atoms with E-state index in [4.69, 9.17) is 22.1 Å². The Labute approximate surface area is 103 Å². The van der Waals surface area contributed by atoms with Crippen LogP contribution < -0.4 is 5.73 Å². The predicted octanol–water partition coefficient (Wildman–Crippen LogP) is 2.33. The zero-order valence-corrected chi connectivity index (χ0v) is 10.00. The van der Waals surface area contributed by atoms with E-state index in [1.807, 2.05) is 12.1 Å². The number of anilines is 1. The van der Waals surface area contributed by atoms with E-state index in [2.05, 4.69) is 9.78 Å². The van der Waals surface area contributed by atoms with Crippen molar-refractivity contribution in [3.8, 4) is 0 Å². The molecule has 1 fully saturated rings. The van der Waals surface area contributed by atoms with Gasteiger partial charge in [-0.1, -0.05) is 11.6 Å². The zero-order chi connectivity index (χ0) is 11.6. The van der Waals surface area contributed by atoms with Crippen LogP contribution in [-0.2, 0) is 17.9 Å². The van der Waals surface area contributed by atoms with Crippen LogP contribution >= 0.6 is 11.6 Å². The highest BCUT2D eigenvalue weighted by Gasteiger charge is 2.47. The first-order valence-electron chi connectivity index (χ1n) is 5.75. The molecule has 0 bridgehead atoms. The average Bonchev–Trinajstić information content (AvgIpc) is 2.95. The molecule has 4 rings (SSSR count). The lowest BCUT2D eigenvalue weighted by molar-refractivity contribution is -0.0189. The fraction of sp³-hybridized carbons (Fsp3) is 0.417. The molecule has 1 aromatic carbocycles. The van der Waals surface area contributed by atoms with Crippen molar-refractivity contribution in [1.29, 1.82) is 0 Å². The molecule has 2 N–H and O–H groups in total. The Balaban J connectivity index is 1.94. The monoisotopic (exact) mass is 249 g/mol. The summed E-state index contributed by atoms with van der Waals surface area (Å²) in [5, 5.41) is 6.21. The van der Waals surface area contributed by atoms with E-state index >= 15 is 0 Å². The van der Waals surface area contributed by atoms with E-state index in [9.17, 15) is 0 Å². The van der Waals surface area contributed by atoms with Crippen molar-refractivity contribution in [3.63, 3.8) is 0 Å². The van der Waals surface area contributed by atoms with Gasteiger partial charge in [-0.25, -0.2) is 0 Å². The van der Waals surface area contributed by atoms with Crippen LogP contribution in [0.15, 0.2) is 12.1 Å². The van der Waals surface area contributed by atoms with E-state index in [-0.39, 0.29) is 5.60 Å². The van der Waals surface area contributed by atoms with Crippen molar-refractivity contribution in [1.82, 2.24) is 9.78 Å². The minimum atomic E-state index is 0.0738. The number of rotatable bonds is 0. The molecule has 17 heavy (non-hydrogen) atoms. The number of hydrogen-bond donors (Lipinski definition) is 1.